The zero-order chi connectivity index (χ0) is 12.6. The van der Waals surface area contributed by atoms with E-state index in [-0.39, 0.29) is 24.7 Å². The summed E-state index contributed by atoms with van der Waals surface area (Å²) >= 11 is 0. The summed E-state index contributed by atoms with van der Waals surface area (Å²) in [6.45, 7) is 3.68. The lowest BCUT2D eigenvalue weighted by molar-refractivity contribution is -0.160. The second kappa shape index (κ2) is 7.98. The zero-order valence-electron chi connectivity index (χ0n) is 9.82. The van der Waals surface area contributed by atoms with Gasteiger partial charge in [0.25, 0.3) is 0 Å². The maximum Gasteiger partial charge on any atom is 0.320 e. The van der Waals surface area contributed by atoms with Gasteiger partial charge >= 0.3 is 11.9 Å². The number of carbonyl (C=O) groups excluding carboxylic acids is 3. The zero-order valence-corrected chi connectivity index (χ0v) is 9.82. The summed E-state index contributed by atoms with van der Waals surface area (Å²) in [5.41, 5.74) is 5.52. The van der Waals surface area contributed by atoms with Crippen molar-refractivity contribution in [2.24, 2.45) is 5.73 Å². The molecule has 0 aromatic heterocycles. The van der Waals surface area contributed by atoms with Crippen LogP contribution in [0, 0.1) is 0 Å². The SMILES string of the molecule is CCCC(=O)CC(=O)OC(=O)CC(N)CC. The molecule has 0 aromatic rings. The molecule has 0 heterocycles. The van der Waals surface area contributed by atoms with Gasteiger partial charge in [-0.05, 0) is 12.8 Å². The monoisotopic (exact) mass is 229 g/mol. The van der Waals surface area contributed by atoms with Crippen molar-refractivity contribution >= 4 is 17.7 Å². The third-order valence-electron chi connectivity index (χ3n) is 2.05. The third kappa shape index (κ3) is 7.11. The number of hydrogen-bond acceptors (Lipinski definition) is 5. The Morgan fingerprint density at radius 3 is 2.31 bits per heavy atom. The molecular formula is C11H19NO4. The van der Waals surface area contributed by atoms with E-state index in [1.165, 1.54) is 0 Å². The molecule has 0 aliphatic rings. The smallest absolute Gasteiger partial charge is 0.320 e. The van der Waals surface area contributed by atoms with Gasteiger partial charge < -0.3 is 10.5 Å². The van der Waals surface area contributed by atoms with E-state index in [1.54, 1.807) is 0 Å². The van der Waals surface area contributed by atoms with Crippen LogP contribution in [-0.4, -0.2) is 23.8 Å². The Morgan fingerprint density at radius 1 is 1.19 bits per heavy atom. The minimum Gasteiger partial charge on any atom is -0.393 e. The Morgan fingerprint density at radius 2 is 1.81 bits per heavy atom. The van der Waals surface area contributed by atoms with E-state index in [9.17, 15) is 14.4 Å². The highest BCUT2D eigenvalue weighted by Crippen LogP contribution is 2.00. The molecule has 5 heteroatoms. The highest BCUT2D eigenvalue weighted by atomic mass is 16.6. The molecule has 0 fully saturated rings. The Kier molecular flexibility index (Phi) is 7.37. The molecule has 0 saturated heterocycles. The summed E-state index contributed by atoms with van der Waals surface area (Å²) in [6, 6.07) is -0.299. The van der Waals surface area contributed by atoms with E-state index < -0.39 is 11.9 Å². The predicted molar refractivity (Wildman–Crippen MR) is 58.5 cm³/mol. The normalized spacial score (nSPS) is 11.9. The number of ketones is 1. The molecular weight excluding hydrogens is 210 g/mol. The van der Waals surface area contributed by atoms with Crippen molar-refractivity contribution in [1.82, 2.24) is 0 Å². The van der Waals surface area contributed by atoms with Gasteiger partial charge in [0, 0.05) is 12.5 Å². The topological polar surface area (TPSA) is 86.5 Å². The third-order valence-corrected chi connectivity index (χ3v) is 2.05. The van der Waals surface area contributed by atoms with E-state index in [2.05, 4.69) is 4.74 Å². The first kappa shape index (κ1) is 14.8. The highest BCUT2D eigenvalue weighted by molar-refractivity contribution is 5.99. The molecule has 0 bridgehead atoms. The first-order valence-electron chi connectivity index (χ1n) is 5.50. The molecule has 0 saturated carbocycles. The maximum absolute atomic E-state index is 11.1. The van der Waals surface area contributed by atoms with Gasteiger partial charge in [-0.1, -0.05) is 13.8 Å². The van der Waals surface area contributed by atoms with Crippen LogP contribution in [0.5, 0.6) is 0 Å². The molecule has 16 heavy (non-hydrogen) atoms. The first-order chi connectivity index (χ1) is 7.49. The maximum atomic E-state index is 11.1. The van der Waals surface area contributed by atoms with Gasteiger partial charge in [-0.3, -0.25) is 14.4 Å². The largest absolute Gasteiger partial charge is 0.393 e. The predicted octanol–water partition coefficient (Wildman–Crippen LogP) is 0.943. The van der Waals surface area contributed by atoms with Gasteiger partial charge in [-0.2, -0.15) is 0 Å². The van der Waals surface area contributed by atoms with E-state index in [0.717, 1.165) is 0 Å². The molecule has 2 N–H and O–H groups in total. The van der Waals surface area contributed by atoms with Gasteiger partial charge in [-0.15, -0.1) is 0 Å². The Bertz CT molecular complexity index is 263. The lowest BCUT2D eigenvalue weighted by Crippen LogP contribution is -2.25. The van der Waals surface area contributed by atoms with Crippen LogP contribution in [0.25, 0.3) is 0 Å². The van der Waals surface area contributed by atoms with Crippen molar-refractivity contribution in [3.63, 3.8) is 0 Å². The minimum atomic E-state index is -0.785. The van der Waals surface area contributed by atoms with Crippen LogP contribution >= 0.6 is 0 Å². The fourth-order valence-electron chi connectivity index (χ4n) is 1.09. The van der Waals surface area contributed by atoms with E-state index in [1.807, 2.05) is 13.8 Å². The van der Waals surface area contributed by atoms with Crippen LogP contribution < -0.4 is 5.73 Å². The van der Waals surface area contributed by atoms with Crippen LogP contribution in [-0.2, 0) is 19.1 Å². The van der Waals surface area contributed by atoms with Crippen molar-refractivity contribution in [3.8, 4) is 0 Å². The lowest BCUT2D eigenvalue weighted by atomic mass is 10.2. The molecule has 0 spiro atoms. The van der Waals surface area contributed by atoms with Gasteiger partial charge in [0.2, 0.25) is 0 Å². The van der Waals surface area contributed by atoms with Crippen LogP contribution in [0.15, 0.2) is 0 Å². The van der Waals surface area contributed by atoms with Crippen molar-refractivity contribution in [1.29, 1.82) is 0 Å². The van der Waals surface area contributed by atoms with Crippen LogP contribution in [0.4, 0.5) is 0 Å². The number of carbonyl (C=O) groups is 3. The van der Waals surface area contributed by atoms with Crippen LogP contribution in [0.3, 0.4) is 0 Å². The van der Waals surface area contributed by atoms with Gasteiger partial charge in [0.15, 0.2) is 0 Å². The average molecular weight is 229 g/mol. The summed E-state index contributed by atoms with van der Waals surface area (Å²) in [5.74, 6) is -1.66. The number of esters is 2. The summed E-state index contributed by atoms with van der Waals surface area (Å²) in [7, 11) is 0. The molecule has 1 atom stereocenters. The fourth-order valence-corrected chi connectivity index (χ4v) is 1.09. The highest BCUT2D eigenvalue weighted by Gasteiger charge is 2.16. The average Bonchev–Trinajstić information content (AvgIpc) is 2.16. The van der Waals surface area contributed by atoms with Gasteiger partial charge in [-0.25, -0.2) is 0 Å². The first-order valence-corrected chi connectivity index (χ1v) is 5.50. The number of nitrogens with two attached hydrogens (primary N) is 1. The molecule has 0 aliphatic heterocycles. The number of hydrogen-bond donors (Lipinski definition) is 1. The lowest BCUT2D eigenvalue weighted by Gasteiger charge is -2.07. The number of Topliss-reactive ketones (excluding diaryl/α,β-unsaturated/α-hetero) is 1. The Balaban J connectivity index is 3.87. The van der Waals surface area contributed by atoms with E-state index in [0.29, 0.717) is 19.3 Å². The second-order valence-corrected chi connectivity index (χ2v) is 3.68. The van der Waals surface area contributed by atoms with Gasteiger partial charge in [0.05, 0.1) is 6.42 Å². The van der Waals surface area contributed by atoms with Crippen molar-refractivity contribution in [2.45, 2.75) is 52.0 Å². The van der Waals surface area contributed by atoms with E-state index in [4.69, 9.17) is 5.73 Å². The van der Waals surface area contributed by atoms with Crippen molar-refractivity contribution in [3.05, 3.63) is 0 Å². The molecule has 0 aliphatic carbocycles. The molecule has 5 nitrogen and oxygen atoms in total. The second-order valence-electron chi connectivity index (χ2n) is 3.68. The quantitative estimate of drug-likeness (QED) is 0.518. The van der Waals surface area contributed by atoms with Gasteiger partial charge in [0.1, 0.15) is 12.2 Å². The van der Waals surface area contributed by atoms with Crippen molar-refractivity contribution < 1.29 is 19.1 Å². The molecule has 0 aromatic carbocycles. The Labute approximate surface area is 95.3 Å². The van der Waals surface area contributed by atoms with Crippen LogP contribution in [0.1, 0.15) is 46.0 Å². The molecule has 0 rings (SSSR count). The Hall–Kier alpha value is -1.23. The molecule has 0 amide bonds. The molecule has 92 valence electrons. The fraction of sp³-hybridized carbons (Fsp3) is 0.727. The van der Waals surface area contributed by atoms with Crippen molar-refractivity contribution in [2.75, 3.05) is 0 Å². The molecule has 1 unspecified atom stereocenters. The number of ether oxygens (including phenoxy) is 1. The van der Waals surface area contributed by atoms with E-state index >= 15 is 0 Å². The molecule has 0 radical (unpaired) electrons. The summed E-state index contributed by atoms with van der Waals surface area (Å²) < 4.78 is 4.46. The summed E-state index contributed by atoms with van der Waals surface area (Å²) in [6.07, 6.45) is 1.32. The minimum absolute atomic E-state index is 0.00417. The summed E-state index contributed by atoms with van der Waals surface area (Å²) in [4.78, 5) is 33.3. The summed E-state index contributed by atoms with van der Waals surface area (Å²) in [5, 5.41) is 0. The van der Waals surface area contributed by atoms with Crippen LogP contribution in [0.2, 0.25) is 0 Å². The number of rotatable bonds is 7. The standard InChI is InChI=1S/C11H19NO4/c1-3-5-9(13)7-11(15)16-10(14)6-8(12)4-2/h8H,3-7,12H2,1-2H3.